The molecule has 2 aliphatic rings. The van der Waals surface area contributed by atoms with Crippen molar-refractivity contribution < 1.29 is 18.7 Å². The average molecular weight is 362 g/mol. The second-order valence-corrected chi connectivity index (χ2v) is 12.2. The molecule has 25 heavy (non-hydrogen) atoms. The van der Waals surface area contributed by atoms with Crippen LogP contribution in [0.1, 0.15) is 23.6 Å². The van der Waals surface area contributed by atoms with Crippen LogP contribution in [-0.4, -0.2) is 45.2 Å². The number of carbonyl (C=O) groups is 1. The van der Waals surface area contributed by atoms with Crippen molar-refractivity contribution >= 4 is 14.3 Å². The van der Waals surface area contributed by atoms with Crippen LogP contribution in [0.2, 0.25) is 19.6 Å². The Balaban J connectivity index is 1.99. The maximum absolute atomic E-state index is 12.8. The number of rotatable bonds is 5. The van der Waals surface area contributed by atoms with Gasteiger partial charge in [-0.05, 0) is 38.2 Å². The zero-order valence-electron chi connectivity index (χ0n) is 15.8. The van der Waals surface area contributed by atoms with Crippen molar-refractivity contribution in [2.45, 2.75) is 50.8 Å². The van der Waals surface area contributed by atoms with Crippen LogP contribution >= 0.6 is 0 Å². The lowest BCUT2D eigenvalue weighted by molar-refractivity contribution is -0.147. The number of methoxy groups -OCH3 is 2. The first-order valence-corrected chi connectivity index (χ1v) is 12.0. The monoisotopic (exact) mass is 361 g/mol. The quantitative estimate of drug-likeness (QED) is 0.457. The third-order valence-corrected chi connectivity index (χ3v) is 5.66. The van der Waals surface area contributed by atoms with Gasteiger partial charge in [0.15, 0.2) is 0 Å². The van der Waals surface area contributed by atoms with E-state index >= 15 is 0 Å². The Labute approximate surface area is 150 Å². The molecule has 6 heteroatoms. The summed E-state index contributed by atoms with van der Waals surface area (Å²) in [4.78, 5) is 14.8. The molecule has 0 aromatic heterocycles. The fourth-order valence-electron chi connectivity index (χ4n) is 3.78. The summed E-state index contributed by atoms with van der Waals surface area (Å²) in [7, 11) is 1.32. The third kappa shape index (κ3) is 3.14. The first-order valence-electron chi connectivity index (χ1n) is 8.59. The van der Waals surface area contributed by atoms with Gasteiger partial charge in [-0.25, -0.2) is 9.69 Å². The van der Waals surface area contributed by atoms with Crippen LogP contribution in [0.4, 0.5) is 0 Å². The van der Waals surface area contributed by atoms with Crippen molar-refractivity contribution in [2.75, 3.05) is 14.2 Å². The Morgan fingerprint density at radius 2 is 1.84 bits per heavy atom. The van der Waals surface area contributed by atoms with Crippen LogP contribution in [0, 0.1) is 6.92 Å². The van der Waals surface area contributed by atoms with Gasteiger partial charge in [0, 0.05) is 13.5 Å². The number of nitrogens with zero attached hydrogens (tertiary/aromatic N) is 1. The van der Waals surface area contributed by atoms with Gasteiger partial charge >= 0.3 is 5.97 Å². The predicted molar refractivity (Wildman–Crippen MR) is 98.4 cm³/mol. The molecule has 0 radical (unpaired) electrons. The van der Waals surface area contributed by atoms with E-state index in [9.17, 15) is 4.79 Å². The summed E-state index contributed by atoms with van der Waals surface area (Å²) in [5.41, 5.74) is 1.55. The number of esters is 1. The minimum absolute atomic E-state index is 0.0653. The molecule has 0 aliphatic carbocycles. The molecule has 0 N–H and O–H groups in total. The fraction of sp³-hybridized carbons (Fsp3) is 0.526. The molecule has 5 nitrogen and oxygen atoms in total. The van der Waals surface area contributed by atoms with Gasteiger partial charge in [-0.3, -0.25) is 0 Å². The number of benzene rings is 1. The van der Waals surface area contributed by atoms with Gasteiger partial charge in [0.05, 0.1) is 18.9 Å². The van der Waals surface area contributed by atoms with E-state index in [1.165, 1.54) is 12.7 Å². The Kier molecular flexibility index (Phi) is 4.55. The highest BCUT2D eigenvalue weighted by atomic mass is 28.4. The summed E-state index contributed by atoms with van der Waals surface area (Å²) < 4.78 is 17.1. The first kappa shape index (κ1) is 18.2. The van der Waals surface area contributed by atoms with Gasteiger partial charge in [0.2, 0.25) is 8.32 Å². The van der Waals surface area contributed by atoms with Crippen molar-refractivity contribution in [3.05, 3.63) is 47.2 Å². The van der Waals surface area contributed by atoms with E-state index in [0.717, 1.165) is 11.3 Å². The molecular formula is C19H27NO4Si. The fourth-order valence-corrected chi connectivity index (χ4v) is 4.70. The number of aryl methyl sites for hydroxylation is 1. The molecule has 1 aromatic rings. The van der Waals surface area contributed by atoms with Crippen molar-refractivity contribution in [3.8, 4) is 0 Å². The summed E-state index contributed by atoms with van der Waals surface area (Å²) in [6, 6.07) is 8.23. The van der Waals surface area contributed by atoms with E-state index in [0.29, 0.717) is 6.42 Å². The van der Waals surface area contributed by atoms with Gasteiger partial charge in [0.1, 0.15) is 11.8 Å². The Morgan fingerprint density at radius 1 is 1.20 bits per heavy atom. The lowest BCUT2D eigenvalue weighted by atomic mass is 9.93. The van der Waals surface area contributed by atoms with E-state index in [1.54, 1.807) is 7.11 Å². The zero-order valence-corrected chi connectivity index (χ0v) is 16.8. The molecule has 2 aliphatic heterocycles. The predicted octanol–water partition coefficient (Wildman–Crippen LogP) is 3.38. The number of hydrogen-bond acceptors (Lipinski definition) is 5. The van der Waals surface area contributed by atoms with Gasteiger partial charge < -0.3 is 13.9 Å². The minimum Gasteiger partial charge on any atom is -0.547 e. The lowest BCUT2D eigenvalue weighted by Crippen LogP contribution is -2.40. The summed E-state index contributed by atoms with van der Waals surface area (Å²) in [6.07, 6.45) is 2.21. The molecule has 1 aromatic carbocycles. The van der Waals surface area contributed by atoms with E-state index < -0.39 is 13.9 Å². The SMILES string of the molecule is COC(=O)[C@@]12CC(O[Si](C)(C)C)=C[C@H](OC)N1[C@H]2c1ccc(C)cc1. The Hall–Kier alpha value is -1.63. The summed E-state index contributed by atoms with van der Waals surface area (Å²) in [5.74, 6) is 0.604. The first-order chi connectivity index (χ1) is 11.7. The van der Waals surface area contributed by atoms with Crippen LogP contribution in [0.3, 0.4) is 0 Å². The van der Waals surface area contributed by atoms with Gasteiger partial charge in [-0.15, -0.1) is 0 Å². The number of ether oxygens (including phenoxy) is 2. The lowest BCUT2D eigenvalue weighted by Gasteiger charge is -2.30. The van der Waals surface area contributed by atoms with E-state index in [1.807, 2.05) is 6.08 Å². The molecule has 2 heterocycles. The molecule has 0 saturated carbocycles. The van der Waals surface area contributed by atoms with Gasteiger partial charge in [-0.2, -0.15) is 0 Å². The Morgan fingerprint density at radius 3 is 2.36 bits per heavy atom. The second kappa shape index (κ2) is 6.27. The Bertz CT molecular complexity index is 694. The molecule has 3 rings (SSSR count). The van der Waals surface area contributed by atoms with Gasteiger partial charge in [0.25, 0.3) is 0 Å². The molecule has 4 atom stereocenters. The van der Waals surface area contributed by atoms with Crippen molar-refractivity contribution in [2.24, 2.45) is 0 Å². The highest BCUT2D eigenvalue weighted by Gasteiger charge is 2.73. The van der Waals surface area contributed by atoms with Crippen LogP contribution in [0.5, 0.6) is 0 Å². The number of carbonyl (C=O) groups excluding carboxylic acids is 1. The molecule has 0 spiro atoms. The van der Waals surface area contributed by atoms with E-state index in [4.69, 9.17) is 13.9 Å². The maximum atomic E-state index is 12.8. The smallest absolute Gasteiger partial charge is 0.328 e. The molecular weight excluding hydrogens is 334 g/mol. The molecule has 0 amide bonds. The molecule has 1 fully saturated rings. The van der Waals surface area contributed by atoms with Crippen molar-refractivity contribution in [1.82, 2.24) is 4.90 Å². The third-order valence-electron chi connectivity index (χ3n) is 4.78. The van der Waals surface area contributed by atoms with E-state index in [-0.39, 0.29) is 18.2 Å². The van der Waals surface area contributed by atoms with Crippen LogP contribution in [-0.2, 0) is 18.7 Å². The highest BCUT2D eigenvalue weighted by Crippen LogP contribution is 2.61. The summed E-state index contributed by atoms with van der Waals surface area (Å²) >= 11 is 0. The number of fused-ring (bicyclic) bond motifs is 1. The van der Waals surface area contributed by atoms with E-state index in [2.05, 4.69) is 55.7 Å². The van der Waals surface area contributed by atoms with Crippen molar-refractivity contribution in [1.29, 1.82) is 0 Å². The maximum Gasteiger partial charge on any atom is 0.328 e. The van der Waals surface area contributed by atoms with Crippen molar-refractivity contribution in [3.63, 3.8) is 0 Å². The minimum atomic E-state index is -1.78. The second-order valence-electron chi connectivity index (χ2n) is 7.79. The molecule has 1 unspecified atom stereocenters. The normalized spacial score (nSPS) is 31.0. The zero-order chi connectivity index (χ0) is 18.4. The van der Waals surface area contributed by atoms with Crippen LogP contribution in [0.15, 0.2) is 36.1 Å². The van der Waals surface area contributed by atoms with Crippen LogP contribution in [0.25, 0.3) is 0 Å². The molecule has 1 saturated heterocycles. The topological polar surface area (TPSA) is 47.8 Å². The molecule has 0 bridgehead atoms. The average Bonchev–Trinajstić information content (AvgIpc) is 3.22. The van der Waals surface area contributed by atoms with Gasteiger partial charge in [-0.1, -0.05) is 29.8 Å². The largest absolute Gasteiger partial charge is 0.547 e. The molecule has 136 valence electrons. The number of hydrogen-bond donors (Lipinski definition) is 0. The highest BCUT2D eigenvalue weighted by molar-refractivity contribution is 6.70. The standard InChI is InChI=1S/C19H27NO4Si/c1-13-7-9-14(10-8-13)17-19(18(21)23-3)12-15(24-25(4,5)6)11-16(22-2)20(17)19/h7-11,16-17H,12H2,1-6H3/t16-,17-,19-,20?/m0/s1. The van der Waals surface area contributed by atoms with Crippen LogP contribution < -0.4 is 0 Å². The summed E-state index contributed by atoms with van der Waals surface area (Å²) in [6.45, 7) is 8.46. The summed E-state index contributed by atoms with van der Waals surface area (Å²) in [5, 5.41) is 0.